The molecule has 0 saturated carbocycles. The minimum atomic E-state index is -1.36. The van der Waals surface area contributed by atoms with E-state index in [9.17, 15) is 0 Å². The molecule has 0 saturated heterocycles. The molecule has 0 bridgehead atoms. The zero-order chi connectivity index (χ0) is 24.8. The van der Waals surface area contributed by atoms with E-state index in [-0.39, 0.29) is 0 Å². The van der Waals surface area contributed by atoms with Gasteiger partial charge >= 0.3 is 62.3 Å². The Morgan fingerprint density at radius 2 is 0.367 bits per heavy atom. The van der Waals surface area contributed by atoms with E-state index in [2.05, 4.69) is 27.9 Å². The molecule has 0 heterocycles. The summed E-state index contributed by atoms with van der Waals surface area (Å²) in [6.45, 7) is 0. The van der Waals surface area contributed by atoms with Gasteiger partial charge in [-0.25, -0.2) is 0 Å². The van der Waals surface area contributed by atoms with Gasteiger partial charge in [0.25, 0.3) is 0 Å². The van der Waals surface area contributed by atoms with Crippen LogP contribution in [0.15, 0.2) is 0 Å². The van der Waals surface area contributed by atoms with Gasteiger partial charge in [-0.15, -0.1) is 0 Å². The average molecular weight is 639 g/mol. The van der Waals surface area contributed by atoms with Crippen molar-refractivity contribution in [3.05, 3.63) is 0 Å². The summed E-state index contributed by atoms with van der Waals surface area (Å²) in [4.78, 5) is 0. The van der Waals surface area contributed by atoms with Crippen LogP contribution in [0.5, 0.6) is 0 Å². The third-order valence-corrected chi connectivity index (χ3v) is 6.00. The molecule has 0 aliphatic carbocycles. The predicted octanol–water partition coefficient (Wildman–Crippen LogP) is 4.38. The Balaban J connectivity index is -0.0000000899. The zero-order valence-electron chi connectivity index (χ0n) is 19.6. The predicted molar refractivity (Wildman–Crippen MR) is 126 cm³/mol. The van der Waals surface area contributed by atoms with E-state index in [1.54, 1.807) is 85.3 Å². The molecule has 12 nitrogen and oxygen atoms in total. The summed E-state index contributed by atoms with van der Waals surface area (Å²) >= 11 is 6.25. The number of rotatable bonds is 12. The Bertz CT molecular complexity index is 187. The first-order valence-corrected chi connectivity index (χ1v) is 14.8. The first-order valence-electron chi connectivity index (χ1n) is 7.47. The molecule has 193 valence electrons. The monoisotopic (exact) mass is 637 g/mol. The van der Waals surface area contributed by atoms with Gasteiger partial charge < -0.3 is 0 Å². The standard InChI is InChI=1S/4C3H10O3P.BrH.Ni/c4*1-4-7(5-2)6-3;;/h4*7H,1-3H3;1H;/q4*+1;;+1/p-1. The summed E-state index contributed by atoms with van der Waals surface area (Å²) in [6.07, 6.45) is 0. The van der Waals surface area contributed by atoms with E-state index in [4.69, 9.17) is 54.3 Å². The molecular formula is C12H40BrNiO12P4+4. The summed E-state index contributed by atoms with van der Waals surface area (Å²) in [7, 11) is 13.2. The van der Waals surface area contributed by atoms with Crippen LogP contribution in [-0.2, 0) is 68.0 Å². The van der Waals surface area contributed by atoms with Crippen LogP contribution in [0.25, 0.3) is 0 Å². The van der Waals surface area contributed by atoms with E-state index in [0.29, 0.717) is 0 Å². The molecule has 0 aliphatic heterocycles. The quantitative estimate of drug-likeness (QED) is 0.223. The first-order chi connectivity index (χ1) is 14.4. The number of hydrogen-bond acceptors (Lipinski definition) is 12. The Kier molecular flexibility index (Phi) is 58.6. The van der Waals surface area contributed by atoms with Crippen LogP contribution in [0.1, 0.15) is 0 Å². The van der Waals surface area contributed by atoms with Gasteiger partial charge in [0, 0.05) is 0 Å². The molecule has 18 heteroatoms. The second-order valence-electron chi connectivity index (χ2n) is 3.45. The molecule has 0 fully saturated rings. The summed E-state index contributed by atoms with van der Waals surface area (Å²) in [5.74, 6) is 0. The molecule has 0 spiro atoms. The van der Waals surface area contributed by atoms with Crippen LogP contribution in [0.2, 0.25) is 0 Å². The van der Waals surface area contributed by atoms with Crippen LogP contribution in [0, 0.1) is 0 Å². The van der Waals surface area contributed by atoms with Crippen molar-refractivity contribution in [2.75, 3.05) is 85.3 Å². The molecule has 0 radical (unpaired) electrons. The van der Waals surface area contributed by atoms with Crippen LogP contribution < -0.4 is 0 Å². The summed E-state index contributed by atoms with van der Waals surface area (Å²) < 4.78 is 56.5. The van der Waals surface area contributed by atoms with Crippen molar-refractivity contribution in [2.24, 2.45) is 0 Å². The van der Waals surface area contributed by atoms with Crippen molar-refractivity contribution in [1.82, 2.24) is 0 Å². The molecule has 0 atom stereocenters. The van der Waals surface area contributed by atoms with Crippen LogP contribution in [0.4, 0.5) is 0 Å². The third-order valence-electron chi connectivity index (χ3n) is 2.00. The third kappa shape index (κ3) is 37.5. The van der Waals surface area contributed by atoms with E-state index < -0.39 is 34.4 Å². The fourth-order valence-electron chi connectivity index (χ4n) is 1.00. The summed E-state index contributed by atoms with van der Waals surface area (Å²) in [5, 5.41) is 0. The van der Waals surface area contributed by atoms with Crippen molar-refractivity contribution in [2.45, 2.75) is 0 Å². The first kappa shape index (κ1) is 42.4. The zero-order valence-corrected chi connectivity index (χ0v) is 26.2. The second kappa shape index (κ2) is 41.5. The van der Waals surface area contributed by atoms with Crippen molar-refractivity contribution < 1.29 is 68.0 Å². The molecule has 0 rings (SSSR count). The van der Waals surface area contributed by atoms with Crippen LogP contribution in [0.3, 0.4) is 0 Å². The van der Waals surface area contributed by atoms with Gasteiger partial charge in [-0.3, -0.25) is 0 Å². The number of hydrogen-bond donors (Lipinski definition) is 0. The molecule has 0 aromatic rings. The van der Waals surface area contributed by atoms with E-state index in [0.717, 1.165) is 0 Å². The molecule has 0 unspecified atom stereocenters. The van der Waals surface area contributed by atoms with Crippen molar-refractivity contribution in [1.29, 1.82) is 0 Å². The molecule has 0 aliphatic rings. The van der Waals surface area contributed by atoms with Gasteiger partial charge in [0.2, 0.25) is 0 Å². The summed E-state index contributed by atoms with van der Waals surface area (Å²) in [5.41, 5.74) is 0. The molecule has 0 aromatic carbocycles. The fourth-order valence-corrected chi connectivity index (χ4v) is 3.00. The SMILES string of the molecule is CO[PH+](OC)OC.CO[PH+](OC)OC.CO[PH+](OC)OC.CO[PH+](OC)OC.[Ni][Br]. The Hall–Kier alpha value is 2.21. The van der Waals surface area contributed by atoms with Gasteiger partial charge in [0.05, 0.1) is 85.3 Å². The molecular weight excluding hydrogens is 599 g/mol. The Labute approximate surface area is 201 Å². The van der Waals surface area contributed by atoms with Crippen LogP contribution in [-0.4, -0.2) is 85.3 Å². The van der Waals surface area contributed by atoms with Crippen molar-refractivity contribution >= 4 is 48.6 Å². The van der Waals surface area contributed by atoms with Gasteiger partial charge in [0.15, 0.2) is 0 Å². The van der Waals surface area contributed by atoms with Crippen molar-refractivity contribution in [3.8, 4) is 0 Å². The summed E-state index contributed by atoms with van der Waals surface area (Å²) in [6, 6.07) is 0. The normalized spacial score (nSPS) is 9.83. The fraction of sp³-hybridized carbons (Fsp3) is 1.00. The van der Waals surface area contributed by atoms with Crippen LogP contribution >= 0.6 is 48.6 Å². The van der Waals surface area contributed by atoms with E-state index in [1.807, 2.05) is 0 Å². The van der Waals surface area contributed by atoms with Gasteiger partial charge in [-0.2, -0.15) is 54.3 Å². The van der Waals surface area contributed by atoms with E-state index in [1.165, 1.54) is 0 Å². The molecule has 0 aromatic heterocycles. The van der Waals surface area contributed by atoms with Gasteiger partial charge in [0.1, 0.15) is 0 Å². The number of halogens is 1. The Morgan fingerprint density at radius 3 is 0.367 bits per heavy atom. The molecule has 30 heavy (non-hydrogen) atoms. The molecule has 0 N–H and O–H groups in total. The average Bonchev–Trinajstić information content (AvgIpc) is 2.81. The maximum atomic E-state index is 4.71. The Morgan fingerprint density at radius 1 is 0.300 bits per heavy atom. The topological polar surface area (TPSA) is 111 Å². The molecule has 0 amide bonds. The van der Waals surface area contributed by atoms with Gasteiger partial charge in [-0.1, -0.05) is 0 Å². The van der Waals surface area contributed by atoms with Crippen molar-refractivity contribution in [3.63, 3.8) is 0 Å². The maximum absolute atomic E-state index is 4.71. The second-order valence-corrected chi connectivity index (χ2v) is 10.3. The van der Waals surface area contributed by atoms with E-state index >= 15 is 0 Å². The van der Waals surface area contributed by atoms with Gasteiger partial charge in [-0.05, 0) is 0 Å². The minimum absolute atomic E-state index is 1.36.